The van der Waals surface area contributed by atoms with Crippen LogP contribution in [0.2, 0.25) is 0 Å². The standard InChI is InChI=1S/C23H34N2O6/c1-18(27)16-19-17-21(11-12-22(19)25(29)30)31-15-7-3-6-10-23(28)24(13-14-26)20-8-4-2-5-9-20/h11-12,17,20,26H,2-10,13-16H2,1H3. The molecule has 1 aliphatic carbocycles. The first-order valence-corrected chi connectivity index (χ1v) is 11.2. The third-order valence-electron chi connectivity index (χ3n) is 5.67. The molecule has 1 saturated carbocycles. The molecular weight excluding hydrogens is 400 g/mol. The lowest BCUT2D eigenvalue weighted by molar-refractivity contribution is -0.385. The summed E-state index contributed by atoms with van der Waals surface area (Å²) in [4.78, 5) is 36.4. The van der Waals surface area contributed by atoms with Gasteiger partial charge in [0.05, 0.1) is 18.1 Å². The van der Waals surface area contributed by atoms with Gasteiger partial charge in [0, 0.05) is 37.1 Å². The molecule has 0 aromatic heterocycles. The van der Waals surface area contributed by atoms with E-state index in [0.29, 0.717) is 30.9 Å². The number of hydrogen-bond acceptors (Lipinski definition) is 6. The number of ether oxygens (including phenoxy) is 1. The van der Waals surface area contributed by atoms with Gasteiger partial charge in [-0.15, -0.1) is 0 Å². The maximum Gasteiger partial charge on any atom is 0.273 e. The van der Waals surface area contributed by atoms with Crippen LogP contribution in [-0.2, 0) is 16.0 Å². The van der Waals surface area contributed by atoms with Gasteiger partial charge in [-0.1, -0.05) is 19.3 Å². The Labute approximate surface area is 183 Å². The molecule has 8 nitrogen and oxygen atoms in total. The van der Waals surface area contributed by atoms with Crippen LogP contribution in [0, 0.1) is 10.1 Å². The molecule has 2 rings (SSSR count). The van der Waals surface area contributed by atoms with Crippen LogP contribution in [0.5, 0.6) is 5.75 Å². The first kappa shape index (κ1) is 24.8. The molecule has 1 aromatic rings. The Hall–Kier alpha value is -2.48. The van der Waals surface area contributed by atoms with Gasteiger partial charge in [-0.25, -0.2) is 0 Å². The third kappa shape index (κ3) is 8.28. The van der Waals surface area contributed by atoms with Crippen LogP contribution < -0.4 is 4.74 Å². The van der Waals surface area contributed by atoms with E-state index in [0.717, 1.165) is 44.9 Å². The second-order valence-corrected chi connectivity index (χ2v) is 8.19. The predicted molar refractivity (Wildman–Crippen MR) is 117 cm³/mol. The zero-order valence-corrected chi connectivity index (χ0v) is 18.4. The van der Waals surface area contributed by atoms with Crippen LogP contribution >= 0.6 is 0 Å². The van der Waals surface area contributed by atoms with E-state index in [1.807, 2.05) is 4.90 Å². The Morgan fingerprint density at radius 2 is 1.94 bits per heavy atom. The number of Topliss-reactive ketones (excluding diaryl/α,β-unsaturated/α-hetero) is 1. The maximum absolute atomic E-state index is 12.6. The number of ketones is 1. The minimum Gasteiger partial charge on any atom is -0.494 e. The number of hydrogen-bond donors (Lipinski definition) is 1. The summed E-state index contributed by atoms with van der Waals surface area (Å²) in [5.41, 5.74) is 0.277. The fourth-order valence-corrected chi connectivity index (χ4v) is 4.14. The van der Waals surface area contributed by atoms with Gasteiger partial charge in [-0.3, -0.25) is 19.7 Å². The lowest BCUT2D eigenvalue weighted by Crippen LogP contribution is -2.43. The average Bonchev–Trinajstić information content (AvgIpc) is 2.74. The molecule has 1 amide bonds. The molecule has 31 heavy (non-hydrogen) atoms. The monoisotopic (exact) mass is 434 g/mol. The second kappa shape index (κ2) is 13.0. The average molecular weight is 435 g/mol. The first-order chi connectivity index (χ1) is 14.9. The van der Waals surface area contributed by atoms with E-state index in [-0.39, 0.29) is 36.4 Å². The first-order valence-electron chi connectivity index (χ1n) is 11.2. The zero-order chi connectivity index (χ0) is 22.6. The summed E-state index contributed by atoms with van der Waals surface area (Å²) in [6.07, 6.45) is 8.39. The molecule has 1 aromatic carbocycles. The molecule has 1 N–H and O–H groups in total. The molecule has 0 radical (unpaired) electrons. The molecule has 0 saturated heterocycles. The lowest BCUT2D eigenvalue weighted by Gasteiger charge is -2.34. The Morgan fingerprint density at radius 1 is 1.19 bits per heavy atom. The van der Waals surface area contributed by atoms with E-state index >= 15 is 0 Å². The second-order valence-electron chi connectivity index (χ2n) is 8.19. The van der Waals surface area contributed by atoms with Crippen molar-refractivity contribution >= 4 is 17.4 Å². The number of nitro groups is 1. The Morgan fingerprint density at radius 3 is 2.58 bits per heavy atom. The summed E-state index contributed by atoms with van der Waals surface area (Å²) >= 11 is 0. The number of aliphatic hydroxyl groups is 1. The van der Waals surface area contributed by atoms with Crippen molar-refractivity contribution in [2.75, 3.05) is 19.8 Å². The van der Waals surface area contributed by atoms with Gasteiger partial charge in [0.1, 0.15) is 11.5 Å². The number of nitrogens with zero attached hydrogens (tertiary/aromatic N) is 2. The molecule has 8 heteroatoms. The molecule has 0 heterocycles. The summed E-state index contributed by atoms with van der Waals surface area (Å²) in [5.74, 6) is 0.476. The molecule has 1 aliphatic rings. The Bertz CT molecular complexity index is 746. The molecule has 0 aliphatic heterocycles. The number of rotatable bonds is 13. The highest BCUT2D eigenvalue weighted by Gasteiger charge is 2.24. The van der Waals surface area contributed by atoms with Crippen LogP contribution in [-0.4, -0.2) is 52.4 Å². The number of carbonyl (C=O) groups is 2. The van der Waals surface area contributed by atoms with Gasteiger partial charge < -0.3 is 14.7 Å². The number of benzene rings is 1. The SMILES string of the molecule is CC(=O)Cc1cc(OCCCCCC(=O)N(CCO)C2CCCCC2)ccc1[N+](=O)[O-]. The third-order valence-corrected chi connectivity index (χ3v) is 5.67. The van der Waals surface area contributed by atoms with Crippen molar-refractivity contribution in [3.8, 4) is 5.75 Å². The minimum atomic E-state index is -0.494. The number of unbranched alkanes of at least 4 members (excludes halogenated alkanes) is 2. The maximum atomic E-state index is 12.6. The van der Waals surface area contributed by atoms with Gasteiger partial charge in [-0.2, -0.15) is 0 Å². The van der Waals surface area contributed by atoms with E-state index in [1.54, 1.807) is 12.1 Å². The molecule has 172 valence electrons. The molecule has 0 spiro atoms. The van der Waals surface area contributed by atoms with Crippen molar-refractivity contribution in [3.05, 3.63) is 33.9 Å². The predicted octanol–water partition coefficient (Wildman–Crippen LogP) is 3.82. The molecule has 0 unspecified atom stereocenters. The summed E-state index contributed by atoms with van der Waals surface area (Å²) in [6, 6.07) is 4.73. The van der Waals surface area contributed by atoms with Gasteiger partial charge in [0.25, 0.3) is 5.69 Å². The summed E-state index contributed by atoms with van der Waals surface area (Å²) in [6.45, 7) is 2.25. The van der Waals surface area contributed by atoms with Crippen LogP contribution in [0.3, 0.4) is 0 Å². The summed E-state index contributed by atoms with van der Waals surface area (Å²) in [7, 11) is 0. The highest BCUT2D eigenvalue weighted by Crippen LogP contribution is 2.25. The van der Waals surface area contributed by atoms with Crippen molar-refractivity contribution < 1.29 is 24.4 Å². The normalized spacial score (nSPS) is 14.3. The highest BCUT2D eigenvalue weighted by atomic mass is 16.6. The van der Waals surface area contributed by atoms with Crippen molar-refractivity contribution in [2.24, 2.45) is 0 Å². The summed E-state index contributed by atoms with van der Waals surface area (Å²) < 4.78 is 5.69. The molecule has 1 fully saturated rings. The van der Waals surface area contributed by atoms with Crippen molar-refractivity contribution in [1.29, 1.82) is 0 Å². The van der Waals surface area contributed by atoms with Crippen LogP contribution in [0.25, 0.3) is 0 Å². The smallest absolute Gasteiger partial charge is 0.273 e. The van der Waals surface area contributed by atoms with Crippen molar-refractivity contribution in [2.45, 2.75) is 77.2 Å². The number of carbonyl (C=O) groups excluding carboxylic acids is 2. The fraction of sp³-hybridized carbons (Fsp3) is 0.652. The molecule has 0 atom stereocenters. The fourth-order valence-electron chi connectivity index (χ4n) is 4.14. The quantitative estimate of drug-likeness (QED) is 0.287. The van der Waals surface area contributed by atoms with E-state index in [9.17, 15) is 24.8 Å². The number of aliphatic hydroxyl groups excluding tert-OH is 1. The zero-order valence-electron chi connectivity index (χ0n) is 18.4. The Balaban J connectivity index is 1.74. The van der Waals surface area contributed by atoms with Crippen molar-refractivity contribution in [1.82, 2.24) is 4.90 Å². The number of amides is 1. The van der Waals surface area contributed by atoms with Crippen molar-refractivity contribution in [3.63, 3.8) is 0 Å². The van der Waals surface area contributed by atoms with E-state index in [1.165, 1.54) is 19.4 Å². The van der Waals surface area contributed by atoms with Gasteiger partial charge in [0.15, 0.2) is 0 Å². The van der Waals surface area contributed by atoms with Gasteiger partial charge >= 0.3 is 0 Å². The largest absolute Gasteiger partial charge is 0.494 e. The van der Waals surface area contributed by atoms with Gasteiger partial charge in [0.2, 0.25) is 5.91 Å². The van der Waals surface area contributed by atoms with Gasteiger partial charge in [-0.05, 0) is 51.2 Å². The van der Waals surface area contributed by atoms with E-state index in [2.05, 4.69) is 0 Å². The van der Waals surface area contributed by atoms with E-state index in [4.69, 9.17) is 4.74 Å². The Kier molecular flexibility index (Phi) is 10.4. The van der Waals surface area contributed by atoms with E-state index < -0.39 is 4.92 Å². The summed E-state index contributed by atoms with van der Waals surface area (Å²) in [5, 5.41) is 20.4. The molecule has 0 bridgehead atoms. The lowest BCUT2D eigenvalue weighted by atomic mass is 9.94. The van der Waals surface area contributed by atoms with Crippen LogP contribution in [0.4, 0.5) is 5.69 Å². The van der Waals surface area contributed by atoms with Crippen LogP contribution in [0.15, 0.2) is 18.2 Å². The minimum absolute atomic E-state index is 0.000951. The topological polar surface area (TPSA) is 110 Å². The van der Waals surface area contributed by atoms with Crippen LogP contribution in [0.1, 0.15) is 70.3 Å². The highest BCUT2D eigenvalue weighted by molar-refractivity contribution is 5.79. The molecular formula is C23H34N2O6. The number of nitro benzene ring substituents is 1.